The van der Waals surface area contributed by atoms with E-state index in [0.717, 1.165) is 36.9 Å². The van der Waals surface area contributed by atoms with Gasteiger partial charge in [0.25, 0.3) is 0 Å². The highest BCUT2D eigenvalue weighted by Gasteiger charge is 2.41. The number of hydrogen-bond donors (Lipinski definition) is 5. The molecule has 1 aliphatic heterocycles. The van der Waals surface area contributed by atoms with Crippen molar-refractivity contribution in [1.29, 1.82) is 0 Å². The van der Waals surface area contributed by atoms with Crippen molar-refractivity contribution in [2.45, 2.75) is 88.1 Å². The lowest BCUT2D eigenvalue weighted by Crippen LogP contribution is -2.60. The number of piperazine rings is 1. The number of fused-ring (bicyclic) bond motifs is 1. The standard InChI is InChI=1S/C34H46Cl2N6O5S.3C2HF3O2/c1-23-12-13-24-9-8-11-28(32(24)38-23)47-22-26-27(35)14-15-29(31(26)36)48(45,46)39-34(2,3)33(44)42-19-17-41(18-20-42)30(43)21-25(37)10-6-7-16-40(4)5;3*3-2(4,5)1(6)7/h8-9,11-15,25,39H,6-7,10,16-22,37H2,1-5H3;3*(H,6,7)/t25-;;;/m0.../s1. The summed E-state index contributed by atoms with van der Waals surface area (Å²) in [7, 11) is -0.231. The van der Waals surface area contributed by atoms with Crippen molar-refractivity contribution in [3.8, 4) is 5.75 Å². The number of benzene rings is 2. The maximum atomic E-state index is 13.7. The van der Waals surface area contributed by atoms with Gasteiger partial charge in [-0.25, -0.2) is 27.8 Å². The van der Waals surface area contributed by atoms with Gasteiger partial charge in [-0.05, 0) is 78.5 Å². The van der Waals surface area contributed by atoms with Crippen LogP contribution in [-0.2, 0) is 40.6 Å². The molecule has 1 atom stereocenters. The molecule has 0 saturated carbocycles. The zero-order valence-electron chi connectivity index (χ0n) is 37.2. The highest BCUT2D eigenvalue weighted by Crippen LogP contribution is 2.34. The minimum atomic E-state index is -5.08. The number of hydrogen-bond acceptors (Lipinski definition) is 11. The van der Waals surface area contributed by atoms with Crippen molar-refractivity contribution in [2.75, 3.05) is 46.8 Å². The third kappa shape index (κ3) is 21.1. The largest absolute Gasteiger partial charge is 0.490 e. The molecule has 3 aromatic rings. The fourth-order valence-electron chi connectivity index (χ4n) is 5.68. The second-order valence-electron chi connectivity index (χ2n) is 15.5. The SMILES string of the molecule is Cc1ccc2cccc(OCc3c(Cl)ccc(S(=O)(=O)NC(C)(C)C(=O)N4CCN(C(=O)C[C@@H](N)CCCCN(C)C)CC4)c3Cl)c2n1.O=C(O)C(F)(F)F.O=C(O)C(F)(F)F.O=C(O)C(F)(F)F. The Morgan fingerprint density at radius 1 is 0.812 bits per heavy atom. The average molecular weight is 1060 g/mol. The van der Waals surface area contributed by atoms with E-state index < -0.39 is 57.9 Å². The number of aromatic nitrogens is 1. The van der Waals surface area contributed by atoms with Crippen LogP contribution in [0.25, 0.3) is 10.9 Å². The van der Waals surface area contributed by atoms with Crippen molar-refractivity contribution < 1.29 is 92.0 Å². The van der Waals surface area contributed by atoms with E-state index in [4.69, 9.17) is 63.4 Å². The van der Waals surface area contributed by atoms with E-state index in [-0.39, 0.29) is 58.6 Å². The van der Waals surface area contributed by atoms with Crippen LogP contribution >= 0.6 is 23.2 Å². The molecule has 17 nitrogen and oxygen atoms in total. The fourth-order valence-corrected chi connectivity index (χ4v) is 7.94. The Morgan fingerprint density at radius 2 is 1.30 bits per heavy atom. The van der Waals surface area contributed by atoms with Crippen LogP contribution in [0.4, 0.5) is 39.5 Å². The molecular formula is C40H49Cl2F9N6O11S. The smallest absolute Gasteiger partial charge is 0.487 e. The van der Waals surface area contributed by atoms with Crippen LogP contribution in [0.2, 0.25) is 10.0 Å². The average Bonchev–Trinajstić information content (AvgIpc) is 3.21. The molecule has 0 spiro atoms. The molecule has 1 saturated heterocycles. The number of nitrogens with two attached hydrogens (primary N) is 1. The van der Waals surface area contributed by atoms with Crippen LogP contribution in [0, 0.1) is 6.92 Å². The number of para-hydroxylation sites is 1. The molecule has 388 valence electrons. The van der Waals surface area contributed by atoms with Gasteiger partial charge in [-0.2, -0.15) is 44.2 Å². The predicted octanol–water partition coefficient (Wildman–Crippen LogP) is 6.51. The monoisotopic (exact) mass is 1060 g/mol. The van der Waals surface area contributed by atoms with Crippen molar-refractivity contribution in [1.82, 2.24) is 24.4 Å². The molecule has 2 heterocycles. The molecule has 0 aliphatic carbocycles. The second kappa shape index (κ2) is 26.1. The zero-order valence-corrected chi connectivity index (χ0v) is 39.6. The zero-order chi connectivity index (χ0) is 53.5. The van der Waals surface area contributed by atoms with Crippen molar-refractivity contribution >= 4 is 73.9 Å². The maximum absolute atomic E-state index is 13.7. The summed E-state index contributed by atoms with van der Waals surface area (Å²) in [6, 6.07) is 11.9. The van der Waals surface area contributed by atoms with Gasteiger partial charge in [0.1, 0.15) is 28.3 Å². The first-order valence-electron chi connectivity index (χ1n) is 19.8. The molecule has 69 heavy (non-hydrogen) atoms. The van der Waals surface area contributed by atoms with E-state index in [1.54, 1.807) is 15.9 Å². The molecule has 0 bridgehead atoms. The quantitative estimate of drug-likeness (QED) is 0.0854. The van der Waals surface area contributed by atoms with Gasteiger partial charge in [0, 0.05) is 60.3 Å². The lowest BCUT2D eigenvalue weighted by molar-refractivity contribution is -0.193. The van der Waals surface area contributed by atoms with E-state index in [2.05, 4.69) is 14.6 Å². The highest BCUT2D eigenvalue weighted by atomic mass is 35.5. The van der Waals surface area contributed by atoms with Gasteiger partial charge in [-0.15, -0.1) is 0 Å². The van der Waals surface area contributed by atoms with Gasteiger partial charge < -0.3 is 40.5 Å². The molecule has 4 rings (SSSR count). The van der Waals surface area contributed by atoms with E-state index in [1.807, 2.05) is 45.3 Å². The summed E-state index contributed by atoms with van der Waals surface area (Å²) in [5.41, 5.74) is 6.48. The van der Waals surface area contributed by atoms with Crippen molar-refractivity contribution in [3.05, 3.63) is 63.8 Å². The van der Waals surface area contributed by atoms with Gasteiger partial charge in [-0.1, -0.05) is 47.8 Å². The predicted molar refractivity (Wildman–Crippen MR) is 231 cm³/mol. The lowest BCUT2D eigenvalue weighted by atomic mass is 10.0. The summed E-state index contributed by atoms with van der Waals surface area (Å²) in [5.74, 6) is -8.22. The minimum Gasteiger partial charge on any atom is -0.487 e. The molecule has 1 fully saturated rings. The summed E-state index contributed by atoms with van der Waals surface area (Å²) in [5, 5.41) is 22.4. The normalized spacial score (nSPS) is 13.8. The third-order valence-corrected chi connectivity index (χ3v) is 11.7. The van der Waals surface area contributed by atoms with E-state index in [1.165, 1.54) is 26.0 Å². The maximum Gasteiger partial charge on any atom is 0.490 e. The van der Waals surface area contributed by atoms with Gasteiger partial charge in [0.15, 0.2) is 0 Å². The molecule has 1 aliphatic rings. The number of ether oxygens (including phenoxy) is 1. The topological polar surface area (TPSA) is 250 Å². The number of amides is 2. The van der Waals surface area contributed by atoms with Gasteiger partial charge in [-0.3, -0.25) is 9.59 Å². The van der Waals surface area contributed by atoms with Crippen LogP contribution in [0.1, 0.15) is 50.8 Å². The summed E-state index contributed by atoms with van der Waals surface area (Å²) in [6.45, 7) is 7.01. The number of aliphatic carboxylic acids is 3. The number of sulfonamides is 1. The van der Waals surface area contributed by atoms with E-state index in [9.17, 15) is 57.5 Å². The number of alkyl halides is 9. The Balaban J connectivity index is 0.000000938. The molecule has 29 heteroatoms. The number of halogens is 11. The molecule has 1 aromatic heterocycles. The summed E-state index contributed by atoms with van der Waals surface area (Å²) in [4.78, 5) is 62.9. The number of nitrogens with one attached hydrogen (secondary N) is 1. The van der Waals surface area contributed by atoms with Crippen LogP contribution in [0.3, 0.4) is 0 Å². The first-order chi connectivity index (χ1) is 31.4. The number of carboxylic acids is 3. The van der Waals surface area contributed by atoms with Gasteiger partial charge in [0.2, 0.25) is 21.8 Å². The molecule has 6 N–H and O–H groups in total. The highest BCUT2D eigenvalue weighted by molar-refractivity contribution is 7.89. The van der Waals surface area contributed by atoms with Gasteiger partial charge >= 0.3 is 36.4 Å². The van der Waals surface area contributed by atoms with E-state index in [0.29, 0.717) is 24.4 Å². The number of carbonyl (C=O) groups excluding carboxylic acids is 2. The van der Waals surface area contributed by atoms with Gasteiger partial charge in [0.05, 0.1) is 5.02 Å². The van der Waals surface area contributed by atoms with Crippen molar-refractivity contribution in [2.24, 2.45) is 5.73 Å². The number of aryl methyl sites for hydroxylation is 1. The first kappa shape index (κ1) is 61.8. The summed E-state index contributed by atoms with van der Waals surface area (Å²) < 4.78 is 131. The molecule has 2 aromatic carbocycles. The second-order valence-corrected chi connectivity index (χ2v) is 17.9. The Morgan fingerprint density at radius 3 is 1.78 bits per heavy atom. The Bertz CT molecular complexity index is 2310. The molecule has 2 amide bonds. The lowest BCUT2D eigenvalue weighted by Gasteiger charge is -2.39. The van der Waals surface area contributed by atoms with E-state index >= 15 is 0 Å². The molecular weight excluding hydrogens is 1010 g/mol. The number of unbranched alkanes of at least 4 members (excludes halogenated alkanes) is 1. The number of rotatable bonds is 14. The van der Waals surface area contributed by atoms with Crippen molar-refractivity contribution in [3.63, 3.8) is 0 Å². The molecule has 0 unspecified atom stereocenters. The number of carbonyl (C=O) groups is 5. The number of nitrogens with zero attached hydrogens (tertiary/aromatic N) is 4. The number of pyridine rings is 1. The molecule has 0 radical (unpaired) electrons. The summed E-state index contributed by atoms with van der Waals surface area (Å²) >= 11 is 13.1. The number of carboxylic acid groups (broad SMARTS) is 3. The fraction of sp³-hybridized carbons (Fsp3) is 0.500. The Kier molecular flexibility index (Phi) is 23.4. The van der Waals surface area contributed by atoms with Crippen LogP contribution < -0.4 is 15.2 Å². The van der Waals surface area contributed by atoms with Crippen LogP contribution in [0.5, 0.6) is 5.75 Å². The van der Waals surface area contributed by atoms with Crippen LogP contribution in [-0.4, -0.2) is 150 Å². The Labute approximate surface area is 399 Å². The van der Waals surface area contributed by atoms with Crippen LogP contribution in [0.15, 0.2) is 47.4 Å². The Hall–Kier alpha value is -5.22. The third-order valence-electron chi connectivity index (χ3n) is 9.07. The summed E-state index contributed by atoms with van der Waals surface area (Å²) in [6.07, 6.45) is -12.2. The first-order valence-corrected chi connectivity index (χ1v) is 22.0. The minimum absolute atomic E-state index is 0.0360.